The van der Waals surface area contributed by atoms with Crippen LogP contribution in [0.1, 0.15) is 10.4 Å². The van der Waals surface area contributed by atoms with E-state index in [4.69, 9.17) is 14.6 Å². The largest absolute Gasteiger partial charge is 0.493 e. The summed E-state index contributed by atoms with van der Waals surface area (Å²) < 4.78 is 10.6. The minimum atomic E-state index is -0.144. The van der Waals surface area contributed by atoms with Crippen molar-refractivity contribution in [3.8, 4) is 11.5 Å². The van der Waals surface area contributed by atoms with Crippen LogP contribution in [-0.4, -0.2) is 42.9 Å². The highest BCUT2D eigenvalue weighted by molar-refractivity contribution is 5.98. The Bertz CT molecular complexity index is 405. The summed E-state index contributed by atoms with van der Waals surface area (Å²) in [6.45, 7) is 0.344. The molecule has 1 heterocycles. The third-order valence-corrected chi connectivity index (χ3v) is 2.45. The summed E-state index contributed by atoms with van der Waals surface area (Å²) in [6, 6.07) is 5.17. The molecule has 1 N–H and O–H groups in total. The lowest BCUT2D eigenvalue weighted by atomic mass is 10.1. The Morgan fingerprint density at radius 3 is 3.06 bits per heavy atom. The molecule has 16 heavy (non-hydrogen) atoms. The van der Waals surface area contributed by atoms with Crippen molar-refractivity contribution in [2.45, 2.75) is 0 Å². The molecule has 2 rings (SSSR count). The van der Waals surface area contributed by atoms with Crippen molar-refractivity contribution in [3.63, 3.8) is 0 Å². The van der Waals surface area contributed by atoms with Gasteiger partial charge in [0.2, 0.25) is 0 Å². The van der Waals surface area contributed by atoms with E-state index >= 15 is 0 Å². The summed E-state index contributed by atoms with van der Waals surface area (Å²) in [4.78, 5) is 13.4. The van der Waals surface area contributed by atoms with Crippen molar-refractivity contribution in [3.05, 3.63) is 23.8 Å². The number of ether oxygens (including phenoxy) is 2. The molecule has 0 fully saturated rings. The zero-order chi connectivity index (χ0) is 11.5. The molecule has 0 radical (unpaired) electrons. The van der Waals surface area contributed by atoms with E-state index in [-0.39, 0.29) is 25.8 Å². The van der Waals surface area contributed by atoms with Crippen LogP contribution in [0.25, 0.3) is 0 Å². The molecule has 0 spiro atoms. The fourth-order valence-corrected chi connectivity index (χ4v) is 1.65. The van der Waals surface area contributed by atoms with Gasteiger partial charge in [0.15, 0.2) is 18.2 Å². The topological polar surface area (TPSA) is 59.0 Å². The molecule has 1 aliphatic heterocycles. The van der Waals surface area contributed by atoms with Gasteiger partial charge >= 0.3 is 0 Å². The van der Waals surface area contributed by atoms with Gasteiger partial charge in [-0.2, -0.15) is 0 Å². The molecule has 0 aromatic heterocycles. The SMILES string of the molecule is COc1cccc2c1OCN(CCO)C2=O. The van der Waals surface area contributed by atoms with Gasteiger partial charge in [0.1, 0.15) is 0 Å². The third-order valence-electron chi connectivity index (χ3n) is 2.45. The zero-order valence-electron chi connectivity index (χ0n) is 8.97. The molecule has 0 saturated heterocycles. The number of carbonyl (C=O) groups excluding carboxylic acids is 1. The van der Waals surface area contributed by atoms with Gasteiger partial charge in [0, 0.05) is 6.54 Å². The van der Waals surface area contributed by atoms with Crippen LogP contribution in [0.2, 0.25) is 0 Å². The highest BCUT2D eigenvalue weighted by Gasteiger charge is 2.27. The zero-order valence-corrected chi connectivity index (χ0v) is 8.97. The second-order valence-corrected chi connectivity index (χ2v) is 3.40. The molecule has 5 nitrogen and oxygen atoms in total. The number of methoxy groups -OCH3 is 1. The molecule has 1 aromatic rings. The lowest BCUT2D eigenvalue weighted by molar-refractivity contribution is 0.0461. The van der Waals surface area contributed by atoms with Crippen LogP contribution >= 0.6 is 0 Å². The van der Waals surface area contributed by atoms with Gasteiger partial charge < -0.3 is 19.5 Å². The number of β-amino-alcohol motifs (C(OH)–C–C–N with tert-alkyl or cyclic N) is 1. The van der Waals surface area contributed by atoms with Crippen molar-refractivity contribution in [2.24, 2.45) is 0 Å². The van der Waals surface area contributed by atoms with E-state index < -0.39 is 0 Å². The van der Waals surface area contributed by atoms with Gasteiger partial charge in [-0.1, -0.05) is 6.07 Å². The van der Waals surface area contributed by atoms with E-state index in [1.165, 1.54) is 12.0 Å². The summed E-state index contributed by atoms with van der Waals surface area (Å²) in [5.41, 5.74) is 0.471. The molecule has 1 aliphatic rings. The third kappa shape index (κ3) is 1.69. The molecule has 1 aromatic carbocycles. The number of aliphatic hydroxyl groups excluding tert-OH is 1. The van der Waals surface area contributed by atoms with E-state index in [1.807, 2.05) is 0 Å². The Morgan fingerprint density at radius 1 is 1.56 bits per heavy atom. The standard InChI is InChI=1S/C11H13NO4/c1-15-9-4-2-3-8-10(9)16-7-12(5-6-13)11(8)14/h2-4,13H,5-7H2,1H3. The minimum absolute atomic E-state index is 0.0750. The summed E-state index contributed by atoms with van der Waals surface area (Å²) in [5.74, 6) is 0.882. The maximum Gasteiger partial charge on any atom is 0.260 e. The number of nitrogens with zero attached hydrogens (tertiary/aromatic N) is 1. The molecule has 0 unspecified atom stereocenters. The molecule has 0 saturated carbocycles. The normalized spacial score (nSPS) is 14.4. The van der Waals surface area contributed by atoms with Crippen molar-refractivity contribution in [2.75, 3.05) is 27.0 Å². The van der Waals surface area contributed by atoms with Gasteiger partial charge in [-0.3, -0.25) is 4.79 Å². The van der Waals surface area contributed by atoms with Crippen molar-refractivity contribution in [1.29, 1.82) is 0 Å². The number of fused-ring (bicyclic) bond motifs is 1. The average molecular weight is 223 g/mol. The first-order valence-electron chi connectivity index (χ1n) is 4.98. The fraction of sp³-hybridized carbons (Fsp3) is 0.364. The lowest BCUT2D eigenvalue weighted by Crippen LogP contribution is -2.40. The monoisotopic (exact) mass is 223 g/mol. The number of para-hydroxylation sites is 1. The van der Waals surface area contributed by atoms with Crippen molar-refractivity contribution < 1.29 is 19.4 Å². The first-order chi connectivity index (χ1) is 7.77. The second kappa shape index (κ2) is 4.40. The van der Waals surface area contributed by atoms with Crippen LogP contribution in [0.15, 0.2) is 18.2 Å². The molecular formula is C11H13NO4. The van der Waals surface area contributed by atoms with Gasteiger partial charge in [0.05, 0.1) is 19.3 Å². The Balaban J connectivity index is 2.35. The maximum absolute atomic E-state index is 12.0. The highest BCUT2D eigenvalue weighted by Crippen LogP contribution is 2.34. The number of amides is 1. The number of aliphatic hydroxyl groups is 1. The first-order valence-corrected chi connectivity index (χ1v) is 4.98. The van der Waals surface area contributed by atoms with Crippen molar-refractivity contribution >= 4 is 5.91 Å². The Hall–Kier alpha value is -1.75. The van der Waals surface area contributed by atoms with Crippen molar-refractivity contribution in [1.82, 2.24) is 4.90 Å². The molecule has 1 amide bonds. The summed E-state index contributed by atoms with van der Waals surface area (Å²) in [7, 11) is 1.53. The Kier molecular flexibility index (Phi) is 2.96. The van der Waals surface area contributed by atoms with E-state index in [0.29, 0.717) is 17.1 Å². The van der Waals surface area contributed by atoms with Crippen LogP contribution in [-0.2, 0) is 0 Å². The average Bonchev–Trinajstić information content (AvgIpc) is 2.32. The number of carbonyl (C=O) groups is 1. The minimum Gasteiger partial charge on any atom is -0.493 e. The van der Waals surface area contributed by atoms with E-state index in [0.717, 1.165) is 0 Å². The van der Waals surface area contributed by atoms with Gasteiger partial charge in [0.25, 0.3) is 5.91 Å². The Labute approximate surface area is 93.2 Å². The molecular weight excluding hydrogens is 210 g/mol. The predicted octanol–water partition coefficient (Wildman–Crippen LogP) is 0.480. The molecule has 0 bridgehead atoms. The maximum atomic E-state index is 12.0. The van der Waals surface area contributed by atoms with Gasteiger partial charge in [-0.15, -0.1) is 0 Å². The number of hydrogen-bond donors (Lipinski definition) is 1. The van der Waals surface area contributed by atoms with Crippen LogP contribution in [0.3, 0.4) is 0 Å². The van der Waals surface area contributed by atoms with Crippen LogP contribution in [0.4, 0.5) is 0 Å². The number of hydrogen-bond acceptors (Lipinski definition) is 4. The number of rotatable bonds is 3. The lowest BCUT2D eigenvalue weighted by Gasteiger charge is -2.28. The summed E-state index contributed by atoms with van der Waals surface area (Å²) in [5, 5.41) is 8.81. The molecule has 5 heteroatoms. The van der Waals surface area contributed by atoms with Crippen LogP contribution in [0.5, 0.6) is 11.5 Å². The Morgan fingerprint density at radius 2 is 2.38 bits per heavy atom. The summed E-state index contributed by atoms with van der Waals surface area (Å²) in [6.07, 6.45) is 0. The second-order valence-electron chi connectivity index (χ2n) is 3.40. The van der Waals surface area contributed by atoms with E-state index in [2.05, 4.69) is 0 Å². The van der Waals surface area contributed by atoms with Gasteiger partial charge in [-0.25, -0.2) is 0 Å². The molecule has 86 valence electrons. The van der Waals surface area contributed by atoms with Gasteiger partial charge in [-0.05, 0) is 12.1 Å². The molecule has 0 atom stereocenters. The smallest absolute Gasteiger partial charge is 0.260 e. The molecule has 0 aliphatic carbocycles. The summed E-state index contributed by atoms with van der Waals surface area (Å²) >= 11 is 0. The highest BCUT2D eigenvalue weighted by atomic mass is 16.5. The first kappa shape index (κ1) is 10.8. The quantitative estimate of drug-likeness (QED) is 0.809. The van der Waals surface area contributed by atoms with Crippen LogP contribution < -0.4 is 9.47 Å². The number of benzene rings is 1. The predicted molar refractivity (Wildman–Crippen MR) is 56.6 cm³/mol. The van der Waals surface area contributed by atoms with E-state index in [1.54, 1.807) is 18.2 Å². The van der Waals surface area contributed by atoms with E-state index in [9.17, 15) is 4.79 Å². The van der Waals surface area contributed by atoms with Crippen LogP contribution in [0, 0.1) is 0 Å². The fourth-order valence-electron chi connectivity index (χ4n) is 1.65.